The molecule has 16 heavy (non-hydrogen) atoms. The third-order valence-corrected chi connectivity index (χ3v) is 0. The zero-order valence-electron chi connectivity index (χ0n) is 8.97. The summed E-state index contributed by atoms with van der Waals surface area (Å²) in [5.74, 6) is 0. The molecule has 0 unspecified atom stereocenters. The molecule has 0 atom stereocenters. The van der Waals surface area contributed by atoms with Gasteiger partial charge in [0.05, 0.1) is 0 Å². The van der Waals surface area contributed by atoms with Gasteiger partial charge in [0.15, 0.2) is 0 Å². The minimum atomic E-state index is -6.00. The Hall–Kier alpha value is 0.615. The molecular weight excluding hydrogens is 300 g/mol. The van der Waals surface area contributed by atoms with Crippen LogP contribution in [0.4, 0.5) is 51.8 Å². The number of hydrogen-bond acceptors (Lipinski definition) is 0. The van der Waals surface area contributed by atoms with Gasteiger partial charge in [-0.15, -0.1) is 0 Å². The number of halogens is 12. The van der Waals surface area contributed by atoms with Gasteiger partial charge in [0.25, 0.3) is 0 Å². The van der Waals surface area contributed by atoms with Gasteiger partial charge in [0, 0.05) is 0 Å². The molecular formula is H2B3CaF12-3. The van der Waals surface area contributed by atoms with Gasteiger partial charge in [-0.25, -0.2) is 0 Å². The molecule has 0 nitrogen and oxygen atoms in total. The smallest absolute Gasteiger partial charge is 1.00 e. The first-order valence-corrected chi connectivity index (χ1v) is 2.62. The summed E-state index contributed by atoms with van der Waals surface area (Å²) in [5.41, 5.74) is 0. The summed E-state index contributed by atoms with van der Waals surface area (Å²) >= 11 is 0. The van der Waals surface area contributed by atoms with Gasteiger partial charge in [0.1, 0.15) is 0 Å². The Morgan fingerprint density at radius 3 is 0.375 bits per heavy atom. The van der Waals surface area contributed by atoms with E-state index >= 15 is 0 Å². The third kappa shape index (κ3) is 7170. The van der Waals surface area contributed by atoms with E-state index in [2.05, 4.69) is 0 Å². The fourth-order valence-corrected chi connectivity index (χ4v) is 0. The topological polar surface area (TPSA) is 0 Å². The fourth-order valence-electron chi connectivity index (χ4n) is 0. The van der Waals surface area contributed by atoms with Crippen LogP contribution in [-0.4, -0.2) is 59.5 Å². The summed E-state index contributed by atoms with van der Waals surface area (Å²) in [5, 5.41) is 0. The summed E-state index contributed by atoms with van der Waals surface area (Å²) in [6, 6.07) is 0. The van der Waals surface area contributed by atoms with Crippen LogP contribution in [-0.2, 0) is 0 Å². The largest absolute Gasteiger partial charge is 2.00 e. The Labute approximate surface area is 114 Å². The first-order chi connectivity index (χ1) is 6.00. The molecule has 0 amide bonds. The number of rotatable bonds is 0. The Morgan fingerprint density at radius 2 is 0.375 bits per heavy atom. The zero-order valence-corrected chi connectivity index (χ0v) is 9.18. The maximum Gasteiger partial charge on any atom is 2.00 e. The van der Waals surface area contributed by atoms with Crippen LogP contribution in [0.15, 0.2) is 0 Å². The molecule has 0 aliphatic rings. The quantitative estimate of drug-likeness (QED) is 0.472. The van der Waals surface area contributed by atoms with Crippen molar-refractivity contribution in [1.29, 1.82) is 0 Å². The van der Waals surface area contributed by atoms with Gasteiger partial charge in [-0.3, -0.25) is 0 Å². The molecule has 0 aromatic rings. The van der Waals surface area contributed by atoms with Gasteiger partial charge >= 0.3 is 59.5 Å². The molecule has 0 aromatic heterocycles. The van der Waals surface area contributed by atoms with E-state index in [-0.39, 0.29) is 40.6 Å². The second kappa shape index (κ2) is 9.62. The predicted octanol–water partition coefficient (Wildman–Crippen LogP) is 3.74. The van der Waals surface area contributed by atoms with Crippen LogP contribution in [0.3, 0.4) is 0 Å². The summed E-state index contributed by atoms with van der Waals surface area (Å²) < 4.78 is 117. The van der Waals surface area contributed by atoms with Crippen molar-refractivity contribution in [3.63, 3.8) is 0 Å². The summed E-state index contributed by atoms with van der Waals surface area (Å²) in [6.45, 7) is 0. The van der Waals surface area contributed by atoms with Gasteiger partial charge in [-0.2, -0.15) is 0 Å². The van der Waals surface area contributed by atoms with Crippen LogP contribution in [0.25, 0.3) is 0 Å². The molecule has 0 saturated heterocycles. The van der Waals surface area contributed by atoms with E-state index < -0.39 is 21.8 Å². The van der Waals surface area contributed by atoms with E-state index in [1.165, 1.54) is 0 Å². The van der Waals surface area contributed by atoms with Gasteiger partial charge in [-0.05, 0) is 0 Å². The first kappa shape index (κ1) is 25.5. The van der Waals surface area contributed by atoms with Crippen LogP contribution in [0.5, 0.6) is 0 Å². The van der Waals surface area contributed by atoms with E-state index in [9.17, 15) is 51.8 Å². The van der Waals surface area contributed by atoms with Crippen molar-refractivity contribution in [2.75, 3.05) is 0 Å². The standard InChI is InChI=1S/3BF4.Ca.2H/c3*2-1(3,4)5;;;/q3*-1;+2;2*-1. The molecule has 0 aliphatic carbocycles. The first-order valence-electron chi connectivity index (χ1n) is 2.62. The SMILES string of the molecule is F[B-](F)(F)F.F[B-](F)(F)F.F[B-](F)(F)F.[Ca+2].[H-].[H-]. The maximum atomic E-state index is 9.75. The number of hydrogen-bond donors (Lipinski definition) is 0. The van der Waals surface area contributed by atoms with Crippen LogP contribution in [0.2, 0.25) is 0 Å². The van der Waals surface area contributed by atoms with Gasteiger partial charge in [0.2, 0.25) is 0 Å². The van der Waals surface area contributed by atoms with Crippen LogP contribution in [0, 0.1) is 0 Å². The van der Waals surface area contributed by atoms with Crippen molar-refractivity contribution in [3.05, 3.63) is 0 Å². The van der Waals surface area contributed by atoms with Crippen molar-refractivity contribution in [2.24, 2.45) is 0 Å². The molecule has 0 rings (SSSR count). The molecule has 16 heteroatoms. The van der Waals surface area contributed by atoms with Crippen molar-refractivity contribution in [3.8, 4) is 0 Å². The fraction of sp³-hybridized carbons (Fsp3) is 0. The van der Waals surface area contributed by atoms with Crippen molar-refractivity contribution in [1.82, 2.24) is 0 Å². The predicted molar refractivity (Wildman–Crippen MR) is 38.5 cm³/mol. The Morgan fingerprint density at radius 1 is 0.375 bits per heavy atom. The Balaban J connectivity index is -0.0000000277. The molecule has 0 aromatic carbocycles. The van der Waals surface area contributed by atoms with Crippen LogP contribution < -0.4 is 0 Å². The van der Waals surface area contributed by atoms with E-state index in [1.54, 1.807) is 0 Å². The Kier molecular flexibility index (Phi) is 15.3. The average Bonchev–Trinajstić information content (AvgIpc) is 1.41. The third-order valence-electron chi connectivity index (χ3n) is 0. The van der Waals surface area contributed by atoms with Gasteiger partial charge < -0.3 is 54.6 Å². The minimum absolute atomic E-state index is 0. The molecule has 0 radical (unpaired) electrons. The Bertz CT molecular complexity index is 100. The molecule has 0 spiro atoms. The van der Waals surface area contributed by atoms with E-state index in [0.29, 0.717) is 0 Å². The van der Waals surface area contributed by atoms with Crippen LogP contribution >= 0.6 is 0 Å². The van der Waals surface area contributed by atoms with E-state index in [4.69, 9.17) is 0 Å². The van der Waals surface area contributed by atoms with Crippen molar-refractivity contribution in [2.45, 2.75) is 0 Å². The van der Waals surface area contributed by atoms with Crippen LogP contribution in [0.1, 0.15) is 2.85 Å². The molecule has 0 bridgehead atoms. The molecule has 0 N–H and O–H groups in total. The minimum Gasteiger partial charge on any atom is -1.00 e. The van der Waals surface area contributed by atoms with E-state index in [1.807, 2.05) is 0 Å². The molecule has 0 fully saturated rings. The monoisotopic (exact) mass is 303 g/mol. The van der Waals surface area contributed by atoms with Gasteiger partial charge in [-0.1, -0.05) is 0 Å². The zero-order chi connectivity index (χ0) is 13.5. The van der Waals surface area contributed by atoms with Crippen molar-refractivity contribution >= 4 is 59.5 Å². The normalized spacial score (nSPS) is 11.2. The maximum absolute atomic E-state index is 9.75. The molecule has 0 aliphatic heterocycles. The molecule has 0 heterocycles. The summed E-state index contributed by atoms with van der Waals surface area (Å²) in [6.07, 6.45) is 0. The second-order valence-electron chi connectivity index (χ2n) is 1.48. The molecule has 100 valence electrons. The summed E-state index contributed by atoms with van der Waals surface area (Å²) in [7, 11) is -18.0. The van der Waals surface area contributed by atoms with Crippen molar-refractivity contribution < 1.29 is 54.6 Å². The van der Waals surface area contributed by atoms with E-state index in [0.717, 1.165) is 0 Å². The molecule has 0 saturated carbocycles. The average molecular weight is 303 g/mol. The summed E-state index contributed by atoms with van der Waals surface area (Å²) in [4.78, 5) is 0. The second-order valence-corrected chi connectivity index (χ2v) is 1.48.